The van der Waals surface area contributed by atoms with Crippen LogP contribution in [0.3, 0.4) is 0 Å². The standard InChI is InChI=1S/C23H40BrNO6.C4H10.C2H2O/c1-19(2,21(5,6)17(28)31-25-13-10-11-16(25)27)15-23(9,22(7,8)24)18(29)30-20(3,4)12-14-26;1-4(2)3;1-2-3/h26H,10-15H2,1-9H3;4H,1-3H3;1,3H. The zero-order valence-electron chi connectivity index (χ0n) is 25.7. The number of halogens is 1. The molecule has 0 saturated carbocycles. The van der Waals surface area contributed by atoms with Gasteiger partial charge in [-0.1, -0.05) is 57.0 Å². The fourth-order valence-corrected chi connectivity index (χ4v) is 3.83. The molecule has 0 aliphatic carbocycles. The summed E-state index contributed by atoms with van der Waals surface area (Å²) in [6.45, 7) is 23.4. The number of aliphatic hydroxyl groups excluding tert-OH is 2. The summed E-state index contributed by atoms with van der Waals surface area (Å²) in [4.78, 5) is 43.8. The van der Waals surface area contributed by atoms with Crippen LogP contribution in [-0.4, -0.2) is 56.2 Å². The third-order valence-corrected chi connectivity index (χ3v) is 7.94. The summed E-state index contributed by atoms with van der Waals surface area (Å²) in [5, 5.41) is 17.5. The molecule has 0 aromatic carbocycles. The van der Waals surface area contributed by atoms with Crippen molar-refractivity contribution in [2.45, 2.75) is 119 Å². The molecule has 1 fully saturated rings. The molecule has 1 atom stereocenters. The summed E-state index contributed by atoms with van der Waals surface area (Å²) in [5.74, 6) is -0.265. The minimum absolute atomic E-state index is 0.0890. The molecule has 222 valence electrons. The van der Waals surface area contributed by atoms with E-state index in [1.165, 1.54) is 6.11 Å². The number of esters is 1. The molecule has 0 radical (unpaired) electrons. The van der Waals surface area contributed by atoms with Gasteiger partial charge in [-0.3, -0.25) is 9.59 Å². The van der Waals surface area contributed by atoms with Crippen molar-refractivity contribution >= 4 is 33.8 Å². The molecule has 38 heavy (non-hydrogen) atoms. The van der Waals surface area contributed by atoms with Crippen LogP contribution >= 0.6 is 15.9 Å². The number of ether oxygens (including phenoxy) is 1. The van der Waals surface area contributed by atoms with E-state index < -0.39 is 38.1 Å². The second-order valence-electron chi connectivity index (χ2n) is 13.0. The average Bonchev–Trinajstić information content (AvgIpc) is 3.10. The number of carbonyl (C=O) groups excluding carboxylic acids is 3. The van der Waals surface area contributed by atoms with Crippen molar-refractivity contribution in [1.29, 1.82) is 0 Å². The summed E-state index contributed by atoms with van der Waals surface area (Å²) in [7, 11) is 0. The number of carbonyl (C=O) groups is 3. The Morgan fingerprint density at radius 2 is 1.50 bits per heavy atom. The van der Waals surface area contributed by atoms with Crippen LogP contribution in [0, 0.1) is 34.7 Å². The van der Waals surface area contributed by atoms with Crippen molar-refractivity contribution < 1.29 is 34.2 Å². The molecule has 1 rings (SSSR count). The maximum Gasteiger partial charge on any atom is 0.338 e. The highest BCUT2D eigenvalue weighted by Gasteiger charge is 2.56. The molecular formula is C29H52BrNO7. The van der Waals surface area contributed by atoms with Crippen LogP contribution in [0.25, 0.3) is 0 Å². The average molecular weight is 607 g/mol. The number of alkyl halides is 1. The maximum absolute atomic E-state index is 13.4. The molecule has 1 heterocycles. The third kappa shape index (κ3) is 11.5. The van der Waals surface area contributed by atoms with Crippen molar-refractivity contribution in [1.82, 2.24) is 5.06 Å². The number of hydrogen-bond acceptors (Lipinski definition) is 7. The van der Waals surface area contributed by atoms with Gasteiger partial charge in [-0.2, -0.15) is 5.06 Å². The SMILES string of the molecule is C#CO.CC(C)(CCO)OC(=O)C(C)(CC(C)(C)C(C)(C)C(=O)ON1CCCC1=O)C(C)(C)Br.CC(C)C. The van der Waals surface area contributed by atoms with Gasteiger partial charge in [-0.05, 0) is 72.6 Å². The first kappa shape index (κ1) is 38.4. The van der Waals surface area contributed by atoms with E-state index in [1.807, 2.05) is 34.6 Å². The van der Waals surface area contributed by atoms with Gasteiger partial charge in [0.25, 0.3) is 5.91 Å². The van der Waals surface area contributed by atoms with Gasteiger partial charge >= 0.3 is 11.9 Å². The Bertz CT molecular complexity index is 819. The maximum atomic E-state index is 13.4. The second-order valence-corrected chi connectivity index (χ2v) is 14.9. The van der Waals surface area contributed by atoms with Gasteiger partial charge in [0.05, 0.1) is 17.4 Å². The van der Waals surface area contributed by atoms with E-state index in [9.17, 15) is 19.5 Å². The highest BCUT2D eigenvalue weighted by molar-refractivity contribution is 9.10. The minimum atomic E-state index is -0.996. The molecule has 0 aromatic rings. The molecular weight excluding hydrogens is 554 g/mol. The Hall–Kier alpha value is -1.79. The predicted octanol–water partition coefficient (Wildman–Crippen LogP) is 6.01. The van der Waals surface area contributed by atoms with Crippen LogP contribution in [0.5, 0.6) is 0 Å². The first-order chi connectivity index (χ1) is 17.0. The van der Waals surface area contributed by atoms with E-state index in [0.29, 0.717) is 32.2 Å². The lowest BCUT2D eigenvalue weighted by atomic mass is 9.58. The van der Waals surface area contributed by atoms with Gasteiger partial charge in [0.1, 0.15) is 11.7 Å². The van der Waals surface area contributed by atoms with Gasteiger partial charge in [0.15, 0.2) is 0 Å². The topological polar surface area (TPSA) is 113 Å². The van der Waals surface area contributed by atoms with Crippen molar-refractivity contribution in [3.05, 3.63) is 0 Å². The lowest BCUT2D eigenvalue weighted by Gasteiger charge is -2.48. The van der Waals surface area contributed by atoms with Gasteiger partial charge < -0.3 is 19.8 Å². The van der Waals surface area contributed by atoms with Crippen molar-refractivity contribution in [2.75, 3.05) is 13.2 Å². The van der Waals surface area contributed by atoms with Crippen LogP contribution in [0.1, 0.15) is 109 Å². The molecule has 0 spiro atoms. The summed E-state index contributed by atoms with van der Waals surface area (Å²) in [6, 6.07) is 0. The second kappa shape index (κ2) is 15.1. The van der Waals surface area contributed by atoms with Gasteiger partial charge in [0.2, 0.25) is 0 Å². The normalized spacial score (nSPS) is 15.8. The summed E-state index contributed by atoms with van der Waals surface area (Å²) < 4.78 is 5.17. The molecule has 9 heteroatoms. The van der Waals surface area contributed by atoms with Crippen molar-refractivity contribution in [2.24, 2.45) is 22.2 Å². The number of nitrogens with zero attached hydrogens (tertiary/aromatic N) is 1. The van der Waals surface area contributed by atoms with Gasteiger partial charge in [0, 0.05) is 23.8 Å². The Kier molecular flexibility index (Phi) is 15.3. The van der Waals surface area contributed by atoms with Crippen LogP contribution in [0.4, 0.5) is 0 Å². The fourth-order valence-electron chi connectivity index (χ4n) is 3.52. The number of hydroxylamine groups is 2. The van der Waals surface area contributed by atoms with Crippen LogP contribution in [0.15, 0.2) is 0 Å². The molecule has 1 amide bonds. The third-order valence-electron chi connectivity index (χ3n) is 7.07. The predicted molar refractivity (Wildman–Crippen MR) is 153 cm³/mol. The number of aliphatic hydroxyl groups is 2. The van der Waals surface area contributed by atoms with Crippen molar-refractivity contribution in [3.8, 4) is 12.5 Å². The Morgan fingerprint density at radius 1 is 1.05 bits per heavy atom. The van der Waals surface area contributed by atoms with Crippen LogP contribution < -0.4 is 0 Å². The zero-order chi connectivity index (χ0) is 30.8. The van der Waals surface area contributed by atoms with E-state index in [0.717, 1.165) is 11.0 Å². The molecule has 1 unspecified atom stereocenters. The fraction of sp³-hybridized carbons (Fsp3) is 0.828. The van der Waals surface area contributed by atoms with Crippen LogP contribution in [-0.2, 0) is 24.0 Å². The molecule has 0 aromatic heterocycles. The highest BCUT2D eigenvalue weighted by Crippen LogP contribution is 2.53. The lowest BCUT2D eigenvalue weighted by Crippen LogP contribution is -2.53. The molecule has 2 N–H and O–H groups in total. The first-order valence-corrected chi connectivity index (χ1v) is 13.9. The number of amides is 1. The summed E-state index contributed by atoms with van der Waals surface area (Å²) >= 11 is 3.66. The molecule has 1 aliphatic heterocycles. The van der Waals surface area contributed by atoms with Gasteiger partial charge in [-0.25, -0.2) is 4.79 Å². The number of terminal acetylenes is 1. The molecule has 8 nitrogen and oxygen atoms in total. The molecule has 0 bridgehead atoms. The Balaban J connectivity index is 0. The number of hydrogen-bond donors (Lipinski definition) is 2. The Morgan fingerprint density at radius 3 is 1.84 bits per heavy atom. The summed E-state index contributed by atoms with van der Waals surface area (Å²) in [5.41, 5.74) is -3.49. The van der Waals surface area contributed by atoms with Gasteiger partial charge in [-0.15, -0.1) is 0 Å². The van der Waals surface area contributed by atoms with E-state index in [2.05, 4.69) is 43.1 Å². The minimum Gasteiger partial charge on any atom is -0.462 e. The van der Waals surface area contributed by atoms with E-state index >= 15 is 0 Å². The van der Waals surface area contributed by atoms with Crippen molar-refractivity contribution in [3.63, 3.8) is 0 Å². The smallest absolute Gasteiger partial charge is 0.338 e. The first-order valence-electron chi connectivity index (χ1n) is 13.1. The van der Waals surface area contributed by atoms with Crippen LogP contribution in [0.2, 0.25) is 0 Å². The molecule has 1 aliphatic rings. The van der Waals surface area contributed by atoms with E-state index in [-0.39, 0.29) is 12.5 Å². The highest BCUT2D eigenvalue weighted by atomic mass is 79.9. The monoisotopic (exact) mass is 605 g/mol. The number of rotatable bonds is 10. The zero-order valence-corrected chi connectivity index (χ0v) is 27.2. The quantitative estimate of drug-likeness (QED) is 0.178. The largest absolute Gasteiger partial charge is 0.462 e. The Labute approximate surface area is 239 Å². The molecule has 1 saturated heterocycles. The summed E-state index contributed by atoms with van der Waals surface area (Å²) in [6.07, 6.45) is 7.09. The van der Waals surface area contributed by atoms with E-state index in [1.54, 1.807) is 27.7 Å². The van der Waals surface area contributed by atoms with E-state index in [4.69, 9.17) is 14.7 Å². The lowest BCUT2D eigenvalue weighted by molar-refractivity contribution is -0.208.